The summed E-state index contributed by atoms with van der Waals surface area (Å²) in [4.78, 5) is 17.7. The fourth-order valence-electron chi connectivity index (χ4n) is 3.43. The molecule has 7 nitrogen and oxygen atoms in total. The lowest BCUT2D eigenvalue weighted by molar-refractivity contribution is 0.101. The van der Waals surface area contributed by atoms with Crippen LogP contribution in [0.3, 0.4) is 0 Å². The quantitative estimate of drug-likeness (QED) is 0.411. The molecule has 0 saturated heterocycles. The standard InChI is InChI=1S/C25H23ClN4O3/c1-15-8-9-16(2)21(12-15)30-24(17-6-5-7-18(26)13-17)28-23(29-30)25(31)27-20-14-19(32-3)10-11-22(20)33-4/h5-14H,1-4H3,(H,27,31). The van der Waals surface area contributed by atoms with Gasteiger partial charge in [-0.25, -0.2) is 9.67 Å². The van der Waals surface area contributed by atoms with Crippen molar-refractivity contribution in [1.82, 2.24) is 14.8 Å². The molecule has 0 bridgehead atoms. The van der Waals surface area contributed by atoms with Crippen LogP contribution in [0.1, 0.15) is 21.7 Å². The predicted octanol–water partition coefficient (Wildman–Crippen LogP) is 5.47. The first-order chi connectivity index (χ1) is 15.9. The van der Waals surface area contributed by atoms with Crippen molar-refractivity contribution in [1.29, 1.82) is 0 Å². The van der Waals surface area contributed by atoms with Crippen molar-refractivity contribution in [2.24, 2.45) is 0 Å². The van der Waals surface area contributed by atoms with Gasteiger partial charge in [0.2, 0.25) is 5.82 Å². The van der Waals surface area contributed by atoms with Gasteiger partial charge in [-0.1, -0.05) is 35.9 Å². The maximum absolute atomic E-state index is 13.2. The minimum absolute atomic E-state index is 0.00996. The summed E-state index contributed by atoms with van der Waals surface area (Å²) in [5.74, 6) is 1.12. The summed E-state index contributed by atoms with van der Waals surface area (Å²) >= 11 is 6.23. The molecule has 1 heterocycles. The molecule has 1 aromatic heterocycles. The van der Waals surface area contributed by atoms with Gasteiger partial charge in [0.1, 0.15) is 11.5 Å². The predicted molar refractivity (Wildman–Crippen MR) is 129 cm³/mol. The van der Waals surface area contributed by atoms with E-state index in [4.69, 9.17) is 21.1 Å². The van der Waals surface area contributed by atoms with Crippen molar-refractivity contribution in [2.75, 3.05) is 19.5 Å². The Hall–Kier alpha value is -3.84. The van der Waals surface area contributed by atoms with Gasteiger partial charge in [-0.2, -0.15) is 0 Å². The molecule has 0 fully saturated rings. The zero-order valence-electron chi connectivity index (χ0n) is 18.7. The van der Waals surface area contributed by atoms with Crippen molar-refractivity contribution in [3.05, 3.63) is 82.6 Å². The van der Waals surface area contributed by atoms with Gasteiger partial charge in [-0.15, -0.1) is 5.10 Å². The topological polar surface area (TPSA) is 78.3 Å². The molecule has 1 N–H and O–H groups in total. The second-order valence-electron chi connectivity index (χ2n) is 7.49. The normalized spacial score (nSPS) is 10.7. The maximum atomic E-state index is 13.2. The van der Waals surface area contributed by atoms with Crippen LogP contribution in [0.25, 0.3) is 17.1 Å². The van der Waals surface area contributed by atoms with Crippen molar-refractivity contribution in [2.45, 2.75) is 13.8 Å². The van der Waals surface area contributed by atoms with Crippen LogP contribution in [0.4, 0.5) is 5.69 Å². The van der Waals surface area contributed by atoms with Gasteiger partial charge in [0.25, 0.3) is 5.91 Å². The SMILES string of the molecule is COc1ccc(OC)c(NC(=O)c2nc(-c3cccc(Cl)c3)n(-c3cc(C)ccc3C)n2)c1. The first kappa shape index (κ1) is 22.4. The Labute approximate surface area is 196 Å². The summed E-state index contributed by atoms with van der Waals surface area (Å²) in [5.41, 5.74) is 4.09. The van der Waals surface area contributed by atoms with E-state index in [-0.39, 0.29) is 5.82 Å². The summed E-state index contributed by atoms with van der Waals surface area (Å²) in [6.45, 7) is 3.99. The minimum atomic E-state index is -0.478. The molecule has 3 aromatic carbocycles. The van der Waals surface area contributed by atoms with E-state index >= 15 is 0 Å². The van der Waals surface area contributed by atoms with Gasteiger partial charge in [-0.3, -0.25) is 4.79 Å². The number of methoxy groups -OCH3 is 2. The fraction of sp³-hybridized carbons (Fsp3) is 0.160. The molecule has 1 amide bonds. The van der Waals surface area contributed by atoms with Crippen molar-refractivity contribution >= 4 is 23.2 Å². The van der Waals surface area contributed by atoms with Gasteiger partial charge in [-0.05, 0) is 55.3 Å². The molecule has 0 aliphatic rings. The van der Waals surface area contributed by atoms with Crippen LogP contribution in [0.2, 0.25) is 5.02 Å². The molecule has 0 aliphatic heterocycles. The molecule has 0 radical (unpaired) electrons. The Kier molecular flexibility index (Phi) is 6.33. The summed E-state index contributed by atoms with van der Waals surface area (Å²) in [5, 5.41) is 7.95. The Balaban J connectivity index is 1.80. The number of benzene rings is 3. The third kappa shape index (κ3) is 4.68. The number of aromatic nitrogens is 3. The Morgan fingerprint density at radius 1 is 1.00 bits per heavy atom. The van der Waals surface area contributed by atoms with E-state index in [1.165, 1.54) is 7.11 Å². The number of hydrogen-bond acceptors (Lipinski definition) is 5. The highest BCUT2D eigenvalue weighted by molar-refractivity contribution is 6.30. The van der Waals surface area contributed by atoms with Gasteiger partial charge < -0.3 is 14.8 Å². The summed E-state index contributed by atoms with van der Waals surface area (Å²) in [7, 11) is 3.08. The van der Waals surface area contributed by atoms with E-state index in [0.717, 1.165) is 22.4 Å². The highest BCUT2D eigenvalue weighted by Gasteiger charge is 2.21. The zero-order valence-corrected chi connectivity index (χ0v) is 19.5. The molecular formula is C25H23ClN4O3. The third-order valence-electron chi connectivity index (χ3n) is 5.14. The number of carbonyl (C=O) groups excluding carboxylic acids is 1. The second-order valence-corrected chi connectivity index (χ2v) is 7.93. The smallest absolute Gasteiger partial charge is 0.295 e. The van der Waals surface area contributed by atoms with E-state index in [1.54, 1.807) is 42.1 Å². The number of ether oxygens (including phenoxy) is 2. The van der Waals surface area contributed by atoms with E-state index < -0.39 is 5.91 Å². The summed E-state index contributed by atoms with van der Waals surface area (Å²) in [6, 6.07) is 18.5. The third-order valence-corrected chi connectivity index (χ3v) is 5.38. The maximum Gasteiger partial charge on any atom is 0.295 e. The Morgan fingerprint density at radius 3 is 2.55 bits per heavy atom. The lowest BCUT2D eigenvalue weighted by atomic mass is 10.1. The van der Waals surface area contributed by atoms with E-state index in [1.807, 2.05) is 44.2 Å². The van der Waals surface area contributed by atoms with Crippen molar-refractivity contribution in [3.63, 3.8) is 0 Å². The van der Waals surface area contributed by atoms with Crippen LogP contribution in [-0.4, -0.2) is 34.9 Å². The van der Waals surface area contributed by atoms with Crippen LogP contribution >= 0.6 is 11.6 Å². The average molecular weight is 463 g/mol. The lowest BCUT2D eigenvalue weighted by Crippen LogP contribution is -2.15. The Morgan fingerprint density at radius 2 is 1.82 bits per heavy atom. The van der Waals surface area contributed by atoms with Crippen molar-refractivity contribution in [3.8, 4) is 28.6 Å². The number of aryl methyl sites for hydroxylation is 2. The Bertz CT molecular complexity index is 1330. The monoisotopic (exact) mass is 462 g/mol. The highest BCUT2D eigenvalue weighted by Crippen LogP contribution is 2.30. The van der Waals surface area contributed by atoms with E-state index in [0.29, 0.717) is 28.0 Å². The summed E-state index contributed by atoms with van der Waals surface area (Å²) < 4.78 is 12.3. The zero-order chi connectivity index (χ0) is 23.5. The molecule has 0 unspecified atom stereocenters. The largest absolute Gasteiger partial charge is 0.497 e. The van der Waals surface area contributed by atoms with E-state index in [9.17, 15) is 4.79 Å². The number of hydrogen-bond donors (Lipinski definition) is 1. The fourth-order valence-corrected chi connectivity index (χ4v) is 3.62. The van der Waals surface area contributed by atoms with Crippen LogP contribution in [0.15, 0.2) is 60.7 Å². The summed E-state index contributed by atoms with van der Waals surface area (Å²) in [6.07, 6.45) is 0. The van der Waals surface area contributed by atoms with Gasteiger partial charge in [0.15, 0.2) is 5.82 Å². The number of carbonyl (C=O) groups is 1. The van der Waals surface area contributed by atoms with Crippen molar-refractivity contribution < 1.29 is 14.3 Å². The van der Waals surface area contributed by atoms with Crippen LogP contribution in [0, 0.1) is 13.8 Å². The van der Waals surface area contributed by atoms with Crippen LogP contribution in [0.5, 0.6) is 11.5 Å². The first-order valence-electron chi connectivity index (χ1n) is 10.2. The first-order valence-corrected chi connectivity index (χ1v) is 10.6. The van der Waals surface area contributed by atoms with Gasteiger partial charge in [0.05, 0.1) is 25.6 Å². The molecule has 0 saturated carbocycles. The number of halogens is 1. The molecule has 8 heteroatoms. The van der Waals surface area contributed by atoms with Gasteiger partial charge in [0, 0.05) is 16.7 Å². The average Bonchev–Trinajstić information content (AvgIpc) is 3.26. The number of amides is 1. The molecule has 4 aromatic rings. The van der Waals surface area contributed by atoms with Crippen LogP contribution < -0.4 is 14.8 Å². The van der Waals surface area contributed by atoms with Crippen LogP contribution in [-0.2, 0) is 0 Å². The number of anilines is 1. The molecule has 168 valence electrons. The minimum Gasteiger partial charge on any atom is -0.497 e. The highest BCUT2D eigenvalue weighted by atomic mass is 35.5. The number of nitrogens with zero attached hydrogens (tertiary/aromatic N) is 3. The number of rotatable bonds is 6. The molecule has 4 rings (SSSR count). The molecule has 0 atom stereocenters. The number of nitrogens with one attached hydrogen (secondary N) is 1. The molecule has 0 spiro atoms. The molecule has 33 heavy (non-hydrogen) atoms. The molecular weight excluding hydrogens is 440 g/mol. The van der Waals surface area contributed by atoms with E-state index in [2.05, 4.69) is 15.4 Å². The lowest BCUT2D eigenvalue weighted by Gasteiger charge is -2.11. The molecule has 0 aliphatic carbocycles. The second kappa shape index (κ2) is 9.34. The van der Waals surface area contributed by atoms with Gasteiger partial charge >= 0.3 is 0 Å².